The number of carbonyl (C=O) groups is 1. The van der Waals surface area contributed by atoms with Gasteiger partial charge in [-0.15, -0.1) is 11.8 Å². The molecule has 0 bridgehead atoms. The predicted molar refractivity (Wildman–Crippen MR) is 69.7 cm³/mol. The molecule has 0 heterocycles. The van der Waals surface area contributed by atoms with Gasteiger partial charge in [-0.25, -0.2) is 0 Å². The van der Waals surface area contributed by atoms with Crippen LogP contribution >= 0.6 is 11.8 Å². The van der Waals surface area contributed by atoms with Crippen LogP contribution in [-0.2, 0) is 9.53 Å². The zero-order chi connectivity index (χ0) is 13.5. The molecule has 5 nitrogen and oxygen atoms in total. The fourth-order valence-corrected chi connectivity index (χ4v) is 2.02. The number of hydrogen-bond donors (Lipinski definition) is 0. The number of esters is 1. The van der Waals surface area contributed by atoms with Crippen molar-refractivity contribution in [3.8, 4) is 0 Å². The summed E-state index contributed by atoms with van der Waals surface area (Å²) in [6.45, 7) is 3.74. The van der Waals surface area contributed by atoms with E-state index in [1.165, 1.54) is 6.07 Å². The van der Waals surface area contributed by atoms with Gasteiger partial charge < -0.3 is 4.74 Å². The van der Waals surface area contributed by atoms with Crippen LogP contribution in [0.1, 0.15) is 20.3 Å². The number of carbonyl (C=O) groups excluding carboxylic acids is 1. The molecule has 0 aliphatic heterocycles. The van der Waals surface area contributed by atoms with Crippen LogP contribution in [-0.4, -0.2) is 22.7 Å². The summed E-state index contributed by atoms with van der Waals surface area (Å²) in [4.78, 5) is 22.2. The zero-order valence-electron chi connectivity index (χ0n) is 10.3. The molecule has 6 heteroatoms. The van der Waals surface area contributed by atoms with Crippen LogP contribution < -0.4 is 0 Å². The number of para-hydroxylation sites is 1. The van der Waals surface area contributed by atoms with Crippen molar-refractivity contribution >= 4 is 23.4 Å². The number of nitro groups is 1. The molecule has 1 rings (SSSR count). The van der Waals surface area contributed by atoms with Gasteiger partial charge in [0.05, 0.1) is 21.7 Å². The number of ether oxygens (including phenoxy) is 1. The van der Waals surface area contributed by atoms with Crippen molar-refractivity contribution in [1.82, 2.24) is 0 Å². The minimum atomic E-state index is -0.456. The number of rotatable bonds is 6. The Morgan fingerprint density at radius 3 is 2.78 bits per heavy atom. The third-order valence-corrected chi connectivity index (χ3v) is 3.35. The van der Waals surface area contributed by atoms with Gasteiger partial charge in [0.2, 0.25) is 0 Å². The summed E-state index contributed by atoms with van der Waals surface area (Å²) in [5, 5.41) is 10.8. The highest BCUT2D eigenvalue weighted by molar-refractivity contribution is 8.00. The maximum absolute atomic E-state index is 11.5. The maximum Gasteiger partial charge on any atom is 0.316 e. The Bertz CT molecular complexity index is 436. The number of benzene rings is 1. The molecular weight excluding hydrogens is 254 g/mol. The van der Waals surface area contributed by atoms with Crippen molar-refractivity contribution in [2.75, 3.05) is 5.75 Å². The van der Waals surface area contributed by atoms with Gasteiger partial charge in [0.25, 0.3) is 5.69 Å². The van der Waals surface area contributed by atoms with E-state index in [1.807, 2.05) is 13.8 Å². The first-order chi connectivity index (χ1) is 8.54. The summed E-state index contributed by atoms with van der Waals surface area (Å²) in [7, 11) is 0. The molecule has 0 saturated heterocycles. The first-order valence-electron chi connectivity index (χ1n) is 5.60. The van der Waals surface area contributed by atoms with Gasteiger partial charge in [0, 0.05) is 6.07 Å². The van der Waals surface area contributed by atoms with Crippen molar-refractivity contribution in [2.24, 2.45) is 0 Å². The highest BCUT2D eigenvalue weighted by Gasteiger charge is 2.15. The third-order valence-electron chi connectivity index (χ3n) is 2.32. The summed E-state index contributed by atoms with van der Waals surface area (Å²) in [5.41, 5.74) is 0.0128. The first-order valence-corrected chi connectivity index (χ1v) is 6.58. The fraction of sp³-hybridized carbons (Fsp3) is 0.417. The Kier molecular flexibility index (Phi) is 5.64. The van der Waals surface area contributed by atoms with E-state index in [0.717, 1.165) is 18.2 Å². The molecule has 1 aromatic carbocycles. The largest absolute Gasteiger partial charge is 0.462 e. The minimum absolute atomic E-state index is 0.0128. The SMILES string of the molecule is CC[C@H](C)OC(=O)CSc1ccccc1[N+](=O)[O-]. The smallest absolute Gasteiger partial charge is 0.316 e. The van der Waals surface area contributed by atoms with Crippen LogP contribution in [0, 0.1) is 10.1 Å². The third kappa shape index (κ3) is 4.37. The van der Waals surface area contributed by atoms with E-state index in [9.17, 15) is 14.9 Å². The van der Waals surface area contributed by atoms with Gasteiger partial charge in [0.1, 0.15) is 0 Å². The summed E-state index contributed by atoms with van der Waals surface area (Å²) in [6.07, 6.45) is 0.630. The molecule has 0 amide bonds. The summed E-state index contributed by atoms with van der Waals surface area (Å²) >= 11 is 1.12. The Balaban J connectivity index is 2.58. The number of nitro benzene ring substituents is 1. The van der Waals surface area contributed by atoms with Crippen molar-refractivity contribution in [1.29, 1.82) is 0 Å². The quantitative estimate of drug-likeness (QED) is 0.343. The predicted octanol–water partition coefficient (Wildman–Crippen LogP) is 3.03. The number of nitrogens with zero attached hydrogens (tertiary/aromatic N) is 1. The lowest BCUT2D eigenvalue weighted by Crippen LogP contribution is -2.15. The maximum atomic E-state index is 11.5. The second-order valence-corrected chi connectivity index (χ2v) is 4.74. The lowest BCUT2D eigenvalue weighted by atomic mass is 10.3. The molecule has 0 fully saturated rings. The Labute approximate surface area is 110 Å². The standard InChI is InChI=1S/C12H15NO4S/c1-3-9(2)17-12(14)8-18-11-7-5-4-6-10(11)13(15)16/h4-7,9H,3,8H2,1-2H3/t9-/m0/s1. The van der Waals surface area contributed by atoms with Gasteiger partial charge in [0.15, 0.2) is 0 Å². The van der Waals surface area contributed by atoms with Crippen molar-refractivity contribution in [2.45, 2.75) is 31.3 Å². The van der Waals surface area contributed by atoms with Crippen molar-refractivity contribution in [3.63, 3.8) is 0 Å². The van der Waals surface area contributed by atoms with E-state index in [2.05, 4.69) is 0 Å². The van der Waals surface area contributed by atoms with Crippen LogP contribution in [0.25, 0.3) is 0 Å². The average Bonchev–Trinajstić information content (AvgIpc) is 2.36. The number of thioether (sulfide) groups is 1. The summed E-state index contributed by atoms with van der Waals surface area (Å²) in [5.74, 6) is -0.276. The van der Waals surface area contributed by atoms with Crippen molar-refractivity contribution in [3.05, 3.63) is 34.4 Å². The molecule has 98 valence electrons. The molecule has 0 aliphatic rings. The Hall–Kier alpha value is -1.56. The van der Waals surface area contributed by atoms with Gasteiger partial charge in [-0.05, 0) is 19.4 Å². The van der Waals surface area contributed by atoms with Gasteiger partial charge in [-0.1, -0.05) is 19.1 Å². The van der Waals surface area contributed by atoms with E-state index in [1.54, 1.807) is 18.2 Å². The number of hydrogen-bond acceptors (Lipinski definition) is 5. The van der Waals surface area contributed by atoms with E-state index >= 15 is 0 Å². The van der Waals surface area contributed by atoms with Crippen LogP contribution in [0.3, 0.4) is 0 Å². The van der Waals surface area contributed by atoms with E-state index in [0.29, 0.717) is 4.90 Å². The van der Waals surface area contributed by atoms with E-state index < -0.39 is 4.92 Å². The van der Waals surface area contributed by atoms with E-state index in [4.69, 9.17) is 4.74 Å². The van der Waals surface area contributed by atoms with Gasteiger partial charge >= 0.3 is 5.97 Å². The van der Waals surface area contributed by atoms with E-state index in [-0.39, 0.29) is 23.5 Å². The summed E-state index contributed by atoms with van der Waals surface area (Å²) in [6, 6.07) is 6.34. The average molecular weight is 269 g/mol. The molecular formula is C12H15NO4S. The Morgan fingerprint density at radius 2 is 2.17 bits per heavy atom. The fourth-order valence-electron chi connectivity index (χ4n) is 1.21. The van der Waals surface area contributed by atoms with Crippen LogP contribution in [0.15, 0.2) is 29.2 Å². The molecule has 1 atom stereocenters. The molecule has 0 N–H and O–H groups in total. The topological polar surface area (TPSA) is 69.4 Å². The van der Waals surface area contributed by atoms with Gasteiger partial charge in [-0.3, -0.25) is 14.9 Å². The normalized spacial score (nSPS) is 11.9. The first kappa shape index (κ1) is 14.5. The lowest BCUT2D eigenvalue weighted by molar-refractivity contribution is -0.387. The second-order valence-electron chi connectivity index (χ2n) is 3.72. The summed E-state index contributed by atoms with van der Waals surface area (Å²) < 4.78 is 5.09. The molecule has 0 radical (unpaired) electrons. The second kappa shape index (κ2) is 7.00. The van der Waals surface area contributed by atoms with Crippen LogP contribution in [0.2, 0.25) is 0 Å². The monoisotopic (exact) mass is 269 g/mol. The molecule has 0 unspecified atom stereocenters. The van der Waals surface area contributed by atoms with Crippen molar-refractivity contribution < 1.29 is 14.5 Å². The minimum Gasteiger partial charge on any atom is -0.462 e. The molecule has 0 saturated carbocycles. The molecule has 0 spiro atoms. The highest BCUT2D eigenvalue weighted by Crippen LogP contribution is 2.28. The highest BCUT2D eigenvalue weighted by atomic mass is 32.2. The molecule has 1 aromatic rings. The lowest BCUT2D eigenvalue weighted by Gasteiger charge is -2.10. The molecule has 18 heavy (non-hydrogen) atoms. The van der Waals surface area contributed by atoms with Crippen LogP contribution in [0.4, 0.5) is 5.69 Å². The van der Waals surface area contributed by atoms with Gasteiger partial charge in [-0.2, -0.15) is 0 Å². The molecule has 0 aliphatic carbocycles. The van der Waals surface area contributed by atoms with Crippen LogP contribution in [0.5, 0.6) is 0 Å². The molecule has 0 aromatic heterocycles. The zero-order valence-corrected chi connectivity index (χ0v) is 11.1. The Morgan fingerprint density at radius 1 is 1.50 bits per heavy atom.